The van der Waals surface area contributed by atoms with Gasteiger partial charge in [0.2, 0.25) is 0 Å². The van der Waals surface area contributed by atoms with E-state index in [2.05, 4.69) is 0 Å². The maximum absolute atomic E-state index is 10.7. The van der Waals surface area contributed by atoms with Crippen LogP contribution < -0.4 is 9.47 Å². The van der Waals surface area contributed by atoms with Gasteiger partial charge in [-0.05, 0) is 43.7 Å². The Morgan fingerprint density at radius 2 is 2.21 bits per heavy atom. The first-order valence-electron chi connectivity index (χ1n) is 6.16. The number of aldehydes is 1. The average molecular weight is 262 g/mol. The van der Waals surface area contributed by atoms with E-state index in [9.17, 15) is 4.79 Å². The third-order valence-corrected chi connectivity index (χ3v) is 3.02. The van der Waals surface area contributed by atoms with Gasteiger partial charge >= 0.3 is 0 Å². The van der Waals surface area contributed by atoms with Gasteiger partial charge in [0.25, 0.3) is 0 Å². The Morgan fingerprint density at radius 3 is 2.89 bits per heavy atom. The molecule has 0 amide bonds. The van der Waals surface area contributed by atoms with Crippen molar-refractivity contribution in [2.75, 3.05) is 13.9 Å². The van der Waals surface area contributed by atoms with Crippen LogP contribution in [0.25, 0.3) is 6.08 Å². The summed E-state index contributed by atoms with van der Waals surface area (Å²) in [5.41, 5.74) is 1.33. The molecule has 102 valence electrons. The standard InChI is InChI=1S/C15H18O4/c1-11-8-13(18-10-17-3)12-4-5-15(2,6-7-16)19-14(12)9-11/h4-5,7-9H,6,10H2,1-3H3/t15-/m1/s1. The van der Waals surface area contributed by atoms with E-state index in [-0.39, 0.29) is 6.79 Å². The summed E-state index contributed by atoms with van der Waals surface area (Å²) in [6, 6.07) is 3.88. The predicted octanol–water partition coefficient (Wildman–Crippen LogP) is 2.73. The second kappa shape index (κ2) is 5.45. The highest BCUT2D eigenvalue weighted by Crippen LogP contribution is 2.38. The molecule has 0 fully saturated rings. The Morgan fingerprint density at radius 1 is 1.42 bits per heavy atom. The maximum atomic E-state index is 10.7. The first-order chi connectivity index (χ1) is 9.08. The fraction of sp³-hybridized carbons (Fsp3) is 0.400. The second-order valence-electron chi connectivity index (χ2n) is 4.84. The molecule has 1 aliphatic rings. The van der Waals surface area contributed by atoms with Gasteiger partial charge in [0.15, 0.2) is 6.79 Å². The first-order valence-corrected chi connectivity index (χ1v) is 6.16. The van der Waals surface area contributed by atoms with Crippen LogP contribution in [0.2, 0.25) is 0 Å². The third-order valence-electron chi connectivity index (χ3n) is 3.02. The zero-order valence-corrected chi connectivity index (χ0v) is 11.4. The number of rotatable bonds is 5. The van der Waals surface area contributed by atoms with Crippen LogP contribution in [0.1, 0.15) is 24.5 Å². The Bertz CT molecular complexity index is 507. The summed E-state index contributed by atoms with van der Waals surface area (Å²) < 4.78 is 16.4. The lowest BCUT2D eigenvalue weighted by Gasteiger charge is -2.31. The monoisotopic (exact) mass is 262 g/mol. The van der Waals surface area contributed by atoms with Gasteiger partial charge in [-0.2, -0.15) is 0 Å². The molecule has 4 heteroatoms. The van der Waals surface area contributed by atoms with Crippen LogP contribution in [-0.2, 0) is 9.53 Å². The summed E-state index contributed by atoms with van der Waals surface area (Å²) in [4.78, 5) is 10.7. The summed E-state index contributed by atoms with van der Waals surface area (Å²) in [6.07, 6.45) is 5.02. The fourth-order valence-corrected chi connectivity index (χ4v) is 2.04. The molecule has 0 spiro atoms. The normalized spacial score (nSPS) is 20.6. The van der Waals surface area contributed by atoms with Crippen molar-refractivity contribution < 1.29 is 19.0 Å². The lowest BCUT2D eigenvalue weighted by molar-refractivity contribution is -0.110. The smallest absolute Gasteiger partial charge is 0.188 e. The minimum atomic E-state index is -0.582. The number of hydrogen-bond donors (Lipinski definition) is 0. The van der Waals surface area contributed by atoms with E-state index in [4.69, 9.17) is 14.2 Å². The van der Waals surface area contributed by atoms with Gasteiger partial charge in [0, 0.05) is 13.5 Å². The van der Waals surface area contributed by atoms with Crippen molar-refractivity contribution in [3.8, 4) is 11.5 Å². The van der Waals surface area contributed by atoms with E-state index in [0.29, 0.717) is 6.42 Å². The number of ether oxygens (including phenoxy) is 3. The lowest BCUT2D eigenvalue weighted by atomic mass is 9.96. The van der Waals surface area contributed by atoms with E-state index < -0.39 is 5.60 Å². The maximum Gasteiger partial charge on any atom is 0.188 e. The first kappa shape index (κ1) is 13.6. The molecular formula is C15H18O4. The minimum absolute atomic E-state index is 0.190. The van der Waals surface area contributed by atoms with Gasteiger partial charge in [-0.25, -0.2) is 0 Å². The largest absolute Gasteiger partial charge is 0.482 e. The fourth-order valence-electron chi connectivity index (χ4n) is 2.04. The number of aryl methyl sites for hydroxylation is 1. The van der Waals surface area contributed by atoms with Gasteiger partial charge in [0.05, 0.1) is 5.56 Å². The Kier molecular flexibility index (Phi) is 3.90. The predicted molar refractivity (Wildman–Crippen MR) is 72.4 cm³/mol. The molecule has 0 aliphatic carbocycles. The van der Waals surface area contributed by atoms with Crippen molar-refractivity contribution >= 4 is 12.4 Å². The highest BCUT2D eigenvalue weighted by molar-refractivity contribution is 5.69. The summed E-state index contributed by atoms with van der Waals surface area (Å²) >= 11 is 0. The average Bonchev–Trinajstić information content (AvgIpc) is 2.35. The molecule has 1 aliphatic heterocycles. The van der Waals surface area contributed by atoms with Crippen LogP contribution >= 0.6 is 0 Å². The van der Waals surface area contributed by atoms with E-state index >= 15 is 0 Å². The Hall–Kier alpha value is -1.81. The SMILES string of the molecule is COCOc1cc(C)cc2c1C=C[C@](C)(CC=O)O2. The van der Waals surface area contributed by atoms with E-state index in [1.165, 1.54) is 0 Å². The highest BCUT2D eigenvalue weighted by atomic mass is 16.7. The van der Waals surface area contributed by atoms with Gasteiger partial charge < -0.3 is 19.0 Å². The van der Waals surface area contributed by atoms with Crippen molar-refractivity contribution in [2.24, 2.45) is 0 Å². The molecule has 4 nitrogen and oxygen atoms in total. The van der Waals surface area contributed by atoms with E-state index in [1.807, 2.05) is 38.1 Å². The van der Waals surface area contributed by atoms with Crippen molar-refractivity contribution in [3.63, 3.8) is 0 Å². The second-order valence-corrected chi connectivity index (χ2v) is 4.84. The molecule has 2 rings (SSSR count). The molecule has 0 saturated carbocycles. The van der Waals surface area contributed by atoms with Crippen LogP contribution in [0.4, 0.5) is 0 Å². The lowest BCUT2D eigenvalue weighted by Crippen LogP contribution is -2.32. The van der Waals surface area contributed by atoms with E-state index in [0.717, 1.165) is 28.9 Å². The molecule has 1 aromatic rings. The van der Waals surface area contributed by atoms with Gasteiger partial charge in [-0.3, -0.25) is 0 Å². The van der Waals surface area contributed by atoms with Crippen molar-refractivity contribution in [2.45, 2.75) is 25.9 Å². The van der Waals surface area contributed by atoms with Crippen LogP contribution in [0.3, 0.4) is 0 Å². The number of benzene rings is 1. The Labute approximate surface area is 113 Å². The molecule has 1 heterocycles. The molecule has 1 atom stereocenters. The molecule has 1 aromatic carbocycles. The third kappa shape index (κ3) is 2.96. The number of carbonyl (C=O) groups excluding carboxylic acids is 1. The molecule has 0 saturated heterocycles. The summed E-state index contributed by atoms with van der Waals surface area (Å²) in [5, 5.41) is 0. The van der Waals surface area contributed by atoms with Gasteiger partial charge in [-0.15, -0.1) is 0 Å². The highest BCUT2D eigenvalue weighted by Gasteiger charge is 2.28. The van der Waals surface area contributed by atoms with Crippen LogP contribution in [0, 0.1) is 6.92 Å². The van der Waals surface area contributed by atoms with Crippen LogP contribution in [0.15, 0.2) is 18.2 Å². The van der Waals surface area contributed by atoms with Gasteiger partial charge in [-0.1, -0.05) is 0 Å². The molecule has 0 bridgehead atoms. The number of methoxy groups -OCH3 is 1. The van der Waals surface area contributed by atoms with Crippen LogP contribution in [-0.4, -0.2) is 25.8 Å². The zero-order chi connectivity index (χ0) is 13.9. The van der Waals surface area contributed by atoms with Crippen LogP contribution in [0.5, 0.6) is 11.5 Å². The minimum Gasteiger partial charge on any atom is -0.482 e. The zero-order valence-electron chi connectivity index (χ0n) is 11.4. The summed E-state index contributed by atoms with van der Waals surface area (Å²) in [6.45, 7) is 4.05. The molecule has 0 radical (unpaired) electrons. The molecule has 0 N–H and O–H groups in total. The molecular weight excluding hydrogens is 244 g/mol. The number of fused-ring (bicyclic) bond motifs is 1. The van der Waals surface area contributed by atoms with Gasteiger partial charge in [0.1, 0.15) is 23.4 Å². The molecule has 19 heavy (non-hydrogen) atoms. The number of carbonyl (C=O) groups is 1. The van der Waals surface area contributed by atoms with Crippen molar-refractivity contribution in [1.29, 1.82) is 0 Å². The quantitative estimate of drug-likeness (QED) is 0.604. The topological polar surface area (TPSA) is 44.8 Å². The summed E-state index contributed by atoms with van der Waals surface area (Å²) in [5.74, 6) is 1.46. The Balaban J connectivity index is 2.35. The van der Waals surface area contributed by atoms with Crippen molar-refractivity contribution in [1.82, 2.24) is 0 Å². The number of hydrogen-bond acceptors (Lipinski definition) is 4. The van der Waals surface area contributed by atoms with Crippen molar-refractivity contribution in [3.05, 3.63) is 29.3 Å². The van der Waals surface area contributed by atoms with E-state index in [1.54, 1.807) is 7.11 Å². The molecule has 0 aromatic heterocycles. The molecule has 0 unspecified atom stereocenters. The summed E-state index contributed by atoms with van der Waals surface area (Å²) in [7, 11) is 1.58.